The molecule has 156 valence electrons. The van der Waals surface area contributed by atoms with Crippen LogP contribution in [0.2, 0.25) is 0 Å². The van der Waals surface area contributed by atoms with Crippen molar-refractivity contribution in [1.29, 1.82) is 0 Å². The lowest BCUT2D eigenvalue weighted by molar-refractivity contribution is -0.114. The predicted octanol–water partition coefficient (Wildman–Crippen LogP) is 3.87. The summed E-state index contributed by atoms with van der Waals surface area (Å²) < 4.78 is 13.7. The number of halogens is 1. The Labute approximate surface area is 180 Å². The summed E-state index contributed by atoms with van der Waals surface area (Å²) in [6, 6.07) is 5.81. The highest BCUT2D eigenvalue weighted by atomic mass is 32.1. The molecule has 1 saturated carbocycles. The molecule has 2 N–H and O–H groups in total. The lowest BCUT2D eigenvalue weighted by atomic mass is 10.0. The van der Waals surface area contributed by atoms with Crippen molar-refractivity contribution in [2.24, 2.45) is 5.92 Å². The van der Waals surface area contributed by atoms with Crippen molar-refractivity contribution in [2.75, 3.05) is 10.6 Å². The van der Waals surface area contributed by atoms with Crippen LogP contribution >= 0.6 is 22.7 Å². The third-order valence-corrected chi connectivity index (χ3v) is 6.75. The van der Waals surface area contributed by atoms with Crippen LogP contribution in [0.4, 0.5) is 14.7 Å². The molecule has 0 saturated heterocycles. The van der Waals surface area contributed by atoms with Crippen molar-refractivity contribution < 1.29 is 14.0 Å². The molecule has 0 spiro atoms. The molecule has 2 unspecified atom stereocenters. The Morgan fingerprint density at radius 3 is 2.63 bits per heavy atom. The number of nitrogens with one attached hydrogen (secondary N) is 2. The van der Waals surface area contributed by atoms with Gasteiger partial charge >= 0.3 is 0 Å². The Hall–Kier alpha value is -2.79. The lowest BCUT2D eigenvalue weighted by Crippen LogP contribution is -2.13. The number of anilines is 2. The van der Waals surface area contributed by atoms with Gasteiger partial charge in [-0.1, -0.05) is 34.8 Å². The molecule has 3 aromatic rings. The Bertz CT molecular complexity index is 1070. The molecule has 0 bridgehead atoms. The second kappa shape index (κ2) is 8.92. The van der Waals surface area contributed by atoms with Gasteiger partial charge in [-0.3, -0.25) is 14.9 Å². The summed E-state index contributed by atoms with van der Waals surface area (Å²) in [6.07, 6.45) is 3.78. The van der Waals surface area contributed by atoms with Gasteiger partial charge in [-0.2, -0.15) is 0 Å². The molecule has 0 aliphatic heterocycles. The van der Waals surface area contributed by atoms with Crippen LogP contribution in [0.1, 0.15) is 52.5 Å². The van der Waals surface area contributed by atoms with E-state index in [1.165, 1.54) is 47.8 Å². The van der Waals surface area contributed by atoms with Gasteiger partial charge in [0.2, 0.25) is 16.2 Å². The Balaban J connectivity index is 1.32. The van der Waals surface area contributed by atoms with Crippen molar-refractivity contribution in [3.63, 3.8) is 0 Å². The van der Waals surface area contributed by atoms with E-state index in [0.717, 1.165) is 35.7 Å². The van der Waals surface area contributed by atoms with E-state index in [-0.39, 0.29) is 11.5 Å². The van der Waals surface area contributed by atoms with Crippen LogP contribution in [0, 0.1) is 11.7 Å². The summed E-state index contributed by atoms with van der Waals surface area (Å²) in [5, 5.41) is 24.4. The topological polar surface area (TPSA) is 110 Å². The molecule has 30 heavy (non-hydrogen) atoms. The zero-order chi connectivity index (χ0) is 21.1. The number of hydrogen-bond donors (Lipinski definition) is 2. The first-order valence-corrected chi connectivity index (χ1v) is 11.1. The van der Waals surface area contributed by atoms with Gasteiger partial charge in [0.1, 0.15) is 15.8 Å². The van der Waals surface area contributed by atoms with E-state index in [4.69, 9.17) is 0 Å². The highest BCUT2D eigenvalue weighted by molar-refractivity contribution is 7.15. The third kappa shape index (κ3) is 4.85. The van der Waals surface area contributed by atoms with Crippen LogP contribution in [0.15, 0.2) is 24.3 Å². The van der Waals surface area contributed by atoms with Gasteiger partial charge in [0.05, 0.1) is 5.56 Å². The number of nitrogens with zero attached hydrogens (tertiary/aromatic N) is 4. The van der Waals surface area contributed by atoms with Crippen LogP contribution < -0.4 is 10.6 Å². The van der Waals surface area contributed by atoms with Crippen molar-refractivity contribution in [3.8, 4) is 0 Å². The van der Waals surface area contributed by atoms with Gasteiger partial charge in [0.25, 0.3) is 5.91 Å². The second-order valence-electron chi connectivity index (χ2n) is 7.14. The second-order valence-corrected chi connectivity index (χ2v) is 9.21. The number of rotatable bonds is 6. The van der Waals surface area contributed by atoms with Gasteiger partial charge in [-0.05, 0) is 37.3 Å². The first-order chi connectivity index (χ1) is 14.5. The lowest BCUT2D eigenvalue weighted by Gasteiger charge is -2.06. The van der Waals surface area contributed by atoms with Crippen LogP contribution in [-0.2, 0) is 11.2 Å². The van der Waals surface area contributed by atoms with Gasteiger partial charge < -0.3 is 5.32 Å². The van der Waals surface area contributed by atoms with Crippen molar-refractivity contribution in [3.05, 3.63) is 45.7 Å². The highest BCUT2D eigenvalue weighted by Crippen LogP contribution is 2.41. The highest BCUT2D eigenvalue weighted by Gasteiger charge is 2.29. The molecule has 2 aromatic heterocycles. The largest absolute Gasteiger partial charge is 0.301 e. The van der Waals surface area contributed by atoms with E-state index < -0.39 is 11.7 Å². The monoisotopic (exact) mass is 446 g/mol. The number of amides is 2. The smallest absolute Gasteiger partial charge is 0.260 e. The molecular formula is C19H19FN6O2S2. The first kappa shape index (κ1) is 20.5. The van der Waals surface area contributed by atoms with E-state index in [2.05, 4.69) is 31.0 Å². The summed E-state index contributed by atoms with van der Waals surface area (Å²) in [4.78, 5) is 23.3. The number of carbonyl (C=O) groups excluding carboxylic acids is 2. The van der Waals surface area contributed by atoms with E-state index >= 15 is 0 Å². The fraction of sp³-hybridized carbons (Fsp3) is 0.368. The summed E-state index contributed by atoms with van der Waals surface area (Å²) >= 11 is 2.73. The molecule has 1 aliphatic carbocycles. The average Bonchev–Trinajstić information content (AvgIpc) is 3.44. The molecule has 1 fully saturated rings. The average molecular weight is 447 g/mol. The Morgan fingerprint density at radius 2 is 1.83 bits per heavy atom. The molecule has 11 heteroatoms. The quantitative estimate of drug-likeness (QED) is 0.595. The summed E-state index contributed by atoms with van der Waals surface area (Å²) in [7, 11) is 0. The minimum atomic E-state index is -0.574. The van der Waals surface area contributed by atoms with Gasteiger partial charge in [-0.15, -0.1) is 20.4 Å². The van der Waals surface area contributed by atoms with Crippen molar-refractivity contribution in [2.45, 2.75) is 38.5 Å². The van der Waals surface area contributed by atoms with Gasteiger partial charge in [-0.25, -0.2) is 4.39 Å². The van der Waals surface area contributed by atoms with Gasteiger partial charge in [0, 0.05) is 19.3 Å². The van der Waals surface area contributed by atoms with E-state index in [9.17, 15) is 14.0 Å². The SMILES string of the molecule is CC(=O)Nc1nnc(C2CCC(Cc3nnc(NC(=O)c4ccccc4F)s3)C2)s1. The Morgan fingerprint density at radius 1 is 1.07 bits per heavy atom. The molecule has 1 aromatic carbocycles. The standard InChI is InChI=1S/C19H19FN6O2S2/c1-10(27)21-18-26-24-17(30-18)12-7-6-11(8-12)9-15-23-25-19(29-15)22-16(28)13-4-2-3-5-14(13)20/h2-5,11-12H,6-9H2,1H3,(H,21,26,27)(H,22,25,28). The van der Waals surface area contributed by atoms with Gasteiger partial charge in [0.15, 0.2) is 0 Å². The summed E-state index contributed by atoms with van der Waals surface area (Å²) in [5.41, 5.74) is -0.0245. The molecular weight excluding hydrogens is 427 g/mol. The number of benzene rings is 1. The minimum Gasteiger partial charge on any atom is -0.301 e. The maximum absolute atomic E-state index is 13.7. The Kier molecular flexibility index (Phi) is 6.09. The van der Waals surface area contributed by atoms with Crippen LogP contribution in [0.5, 0.6) is 0 Å². The van der Waals surface area contributed by atoms with Crippen molar-refractivity contribution in [1.82, 2.24) is 20.4 Å². The molecule has 2 atom stereocenters. The number of aromatic nitrogens is 4. The van der Waals surface area contributed by atoms with E-state index in [0.29, 0.717) is 22.1 Å². The zero-order valence-electron chi connectivity index (χ0n) is 16.1. The fourth-order valence-corrected chi connectivity index (χ4v) is 5.31. The number of carbonyl (C=O) groups is 2. The molecule has 0 radical (unpaired) electrons. The maximum Gasteiger partial charge on any atom is 0.260 e. The van der Waals surface area contributed by atoms with Crippen LogP contribution in [0.3, 0.4) is 0 Å². The maximum atomic E-state index is 13.7. The van der Waals surface area contributed by atoms with Crippen LogP contribution in [-0.4, -0.2) is 32.2 Å². The summed E-state index contributed by atoms with van der Waals surface area (Å²) in [5.74, 6) is -0.511. The van der Waals surface area contributed by atoms with Crippen LogP contribution in [0.25, 0.3) is 0 Å². The molecule has 8 nitrogen and oxygen atoms in total. The fourth-order valence-electron chi connectivity index (χ4n) is 3.53. The minimum absolute atomic E-state index is 0.0245. The first-order valence-electron chi connectivity index (χ1n) is 9.47. The molecule has 2 heterocycles. The molecule has 1 aliphatic rings. The van der Waals surface area contributed by atoms with Crippen molar-refractivity contribution >= 4 is 44.8 Å². The molecule has 4 rings (SSSR count). The number of hydrogen-bond acceptors (Lipinski definition) is 8. The van der Waals surface area contributed by atoms with E-state index in [1.54, 1.807) is 6.07 Å². The molecule has 2 amide bonds. The predicted molar refractivity (Wildman–Crippen MR) is 112 cm³/mol. The zero-order valence-corrected chi connectivity index (χ0v) is 17.7. The normalized spacial score (nSPS) is 18.3. The third-order valence-electron chi connectivity index (χ3n) is 4.88. The summed E-state index contributed by atoms with van der Waals surface area (Å²) in [6.45, 7) is 1.45. The van der Waals surface area contributed by atoms with E-state index in [1.807, 2.05) is 0 Å².